The molecule has 2 unspecified atom stereocenters. The molecular weight excluding hydrogens is 178 g/mol. The van der Waals surface area contributed by atoms with Gasteiger partial charge in [0.15, 0.2) is 0 Å². The van der Waals surface area contributed by atoms with E-state index in [1.807, 2.05) is 0 Å². The van der Waals surface area contributed by atoms with Crippen LogP contribution in [-0.4, -0.2) is 35.0 Å². The van der Waals surface area contributed by atoms with Crippen LogP contribution in [0.5, 0.6) is 0 Å². The highest BCUT2D eigenvalue weighted by molar-refractivity contribution is 5.89. The van der Waals surface area contributed by atoms with Gasteiger partial charge in [0.05, 0.1) is 0 Å². The molecule has 1 aliphatic heterocycles. The van der Waals surface area contributed by atoms with Crippen molar-refractivity contribution in [3.63, 3.8) is 0 Å². The highest BCUT2D eigenvalue weighted by atomic mass is 16.1. The number of carbonyl (C=O) groups is 1. The molecule has 80 valence electrons. The van der Waals surface area contributed by atoms with Crippen LogP contribution in [0.1, 0.15) is 20.8 Å². The number of primary amides is 1. The summed E-state index contributed by atoms with van der Waals surface area (Å²) in [4.78, 5) is 13.5. The Hall–Kier alpha value is -0.610. The lowest BCUT2D eigenvalue weighted by Gasteiger charge is -2.34. The molecule has 4 nitrogen and oxygen atoms in total. The van der Waals surface area contributed by atoms with Gasteiger partial charge in [-0.1, -0.05) is 0 Å². The van der Waals surface area contributed by atoms with Crippen LogP contribution in [-0.2, 0) is 4.79 Å². The summed E-state index contributed by atoms with van der Waals surface area (Å²) in [7, 11) is 0. The Morgan fingerprint density at radius 1 is 1.36 bits per heavy atom. The zero-order valence-electron chi connectivity index (χ0n) is 9.08. The van der Waals surface area contributed by atoms with Gasteiger partial charge in [-0.15, -0.1) is 0 Å². The molecule has 2 fully saturated rings. The van der Waals surface area contributed by atoms with E-state index in [1.165, 1.54) is 0 Å². The van der Waals surface area contributed by atoms with Crippen molar-refractivity contribution in [2.45, 2.75) is 31.8 Å². The van der Waals surface area contributed by atoms with Crippen molar-refractivity contribution < 1.29 is 4.79 Å². The van der Waals surface area contributed by atoms with Crippen molar-refractivity contribution in [2.75, 3.05) is 13.1 Å². The van der Waals surface area contributed by atoms with E-state index in [0.29, 0.717) is 11.8 Å². The van der Waals surface area contributed by atoms with Crippen LogP contribution in [0.15, 0.2) is 0 Å². The standard InChI is InChI=1S/C10H19N3O/c1-9(2,3)13-4-6-7(5-13)10(6,12)8(11)14/h6-7H,4-5,12H2,1-3H3,(H2,11,14). The van der Waals surface area contributed by atoms with Crippen LogP contribution >= 0.6 is 0 Å². The van der Waals surface area contributed by atoms with E-state index in [0.717, 1.165) is 13.1 Å². The SMILES string of the molecule is CC(C)(C)N1CC2C(C1)C2(N)C(N)=O. The predicted molar refractivity (Wildman–Crippen MR) is 54.4 cm³/mol. The first-order chi connectivity index (χ1) is 6.28. The minimum absolute atomic E-state index is 0.173. The van der Waals surface area contributed by atoms with Crippen molar-refractivity contribution in [3.05, 3.63) is 0 Å². The number of piperidine rings is 1. The maximum absolute atomic E-state index is 11.1. The van der Waals surface area contributed by atoms with Gasteiger partial charge in [-0.25, -0.2) is 0 Å². The van der Waals surface area contributed by atoms with Crippen molar-refractivity contribution >= 4 is 5.91 Å². The van der Waals surface area contributed by atoms with Crippen molar-refractivity contribution in [1.82, 2.24) is 4.90 Å². The fraction of sp³-hybridized carbons (Fsp3) is 0.900. The number of likely N-dealkylation sites (tertiary alicyclic amines) is 1. The summed E-state index contributed by atoms with van der Waals surface area (Å²) in [5.41, 5.74) is 10.7. The van der Waals surface area contributed by atoms with Gasteiger partial charge in [0, 0.05) is 30.5 Å². The third-order valence-electron chi connectivity index (χ3n) is 3.81. The van der Waals surface area contributed by atoms with Crippen LogP contribution in [0.25, 0.3) is 0 Å². The molecule has 2 rings (SSSR count). The number of nitrogens with zero attached hydrogens (tertiary/aromatic N) is 1. The molecule has 1 heterocycles. The van der Waals surface area contributed by atoms with Crippen molar-refractivity contribution in [1.29, 1.82) is 0 Å². The summed E-state index contributed by atoms with van der Waals surface area (Å²) in [6.07, 6.45) is 0. The van der Waals surface area contributed by atoms with Gasteiger partial charge < -0.3 is 11.5 Å². The zero-order chi connectivity index (χ0) is 10.7. The average Bonchev–Trinajstić information content (AvgIpc) is 2.46. The smallest absolute Gasteiger partial charge is 0.238 e. The van der Waals surface area contributed by atoms with E-state index in [-0.39, 0.29) is 11.4 Å². The van der Waals surface area contributed by atoms with Crippen LogP contribution in [0, 0.1) is 11.8 Å². The van der Waals surface area contributed by atoms with E-state index >= 15 is 0 Å². The molecule has 4 heteroatoms. The maximum Gasteiger partial charge on any atom is 0.238 e. The second-order valence-electron chi connectivity index (χ2n) is 5.59. The normalized spacial score (nSPS) is 42.3. The lowest BCUT2D eigenvalue weighted by molar-refractivity contribution is -0.121. The molecule has 0 spiro atoms. The molecule has 2 aliphatic rings. The number of rotatable bonds is 1. The van der Waals surface area contributed by atoms with E-state index in [4.69, 9.17) is 11.5 Å². The highest BCUT2D eigenvalue weighted by Gasteiger charge is 2.70. The molecule has 0 aromatic heterocycles. The Balaban J connectivity index is 2.03. The molecule has 1 saturated carbocycles. The Kier molecular flexibility index (Phi) is 1.77. The molecule has 2 atom stereocenters. The molecule has 1 saturated heterocycles. The molecule has 0 radical (unpaired) electrons. The van der Waals surface area contributed by atoms with E-state index < -0.39 is 5.54 Å². The van der Waals surface area contributed by atoms with Gasteiger partial charge in [-0.05, 0) is 20.8 Å². The number of hydrogen-bond donors (Lipinski definition) is 2. The van der Waals surface area contributed by atoms with Crippen LogP contribution in [0.3, 0.4) is 0 Å². The van der Waals surface area contributed by atoms with Crippen LogP contribution in [0.4, 0.5) is 0 Å². The maximum atomic E-state index is 11.1. The van der Waals surface area contributed by atoms with Crippen LogP contribution < -0.4 is 11.5 Å². The summed E-state index contributed by atoms with van der Waals surface area (Å²) >= 11 is 0. The molecule has 0 aromatic carbocycles. The molecule has 14 heavy (non-hydrogen) atoms. The van der Waals surface area contributed by atoms with Crippen molar-refractivity contribution in [3.8, 4) is 0 Å². The van der Waals surface area contributed by atoms with Gasteiger partial charge in [-0.2, -0.15) is 0 Å². The summed E-state index contributed by atoms with van der Waals surface area (Å²) in [5, 5.41) is 0. The van der Waals surface area contributed by atoms with Gasteiger partial charge >= 0.3 is 0 Å². The molecule has 0 aromatic rings. The Labute approximate surface area is 84.6 Å². The highest BCUT2D eigenvalue weighted by Crippen LogP contribution is 2.54. The Morgan fingerprint density at radius 3 is 2.07 bits per heavy atom. The van der Waals surface area contributed by atoms with Gasteiger partial charge in [-0.3, -0.25) is 9.69 Å². The Bertz CT molecular complexity index is 270. The number of nitrogens with two attached hydrogens (primary N) is 2. The quantitative estimate of drug-likeness (QED) is 0.597. The van der Waals surface area contributed by atoms with Gasteiger partial charge in [0.2, 0.25) is 5.91 Å². The summed E-state index contributed by atoms with van der Waals surface area (Å²) in [5.74, 6) is 0.250. The van der Waals surface area contributed by atoms with Gasteiger partial charge in [0.1, 0.15) is 5.54 Å². The second kappa shape index (κ2) is 2.49. The molecule has 1 amide bonds. The van der Waals surface area contributed by atoms with Gasteiger partial charge in [0.25, 0.3) is 0 Å². The third kappa shape index (κ3) is 1.10. The molecule has 1 aliphatic carbocycles. The Morgan fingerprint density at radius 2 is 1.79 bits per heavy atom. The monoisotopic (exact) mass is 197 g/mol. The number of fused-ring (bicyclic) bond motifs is 1. The van der Waals surface area contributed by atoms with Crippen LogP contribution in [0.2, 0.25) is 0 Å². The minimum Gasteiger partial charge on any atom is -0.368 e. The molecular formula is C10H19N3O. The first-order valence-corrected chi connectivity index (χ1v) is 5.11. The summed E-state index contributed by atoms with van der Waals surface area (Å²) in [6, 6.07) is 0. The fourth-order valence-corrected chi connectivity index (χ4v) is 2.58. The number of amides is 1. The van der Waals surface area contributed by atoms with E-state index in [1.54, 1.807) is 0 Å². The number of carbonyl (C=O) groups excluding carboxylic acids is 1. The summed E-state index contributed by atoms with van der Waals surface area (Å²) in [6.45, 7) is 8.36. The third-order valence-corrected chi connectivity index (χ3v) is 3.81. The topological polar surface area (TPSA) is 72.3 Å². The lowest BCUT2D eigenvalue weighted by Crippen LogP contribution is -2.51. The summed E-state index contributed by atoms with van der Waals surface area (Å²) < 4.78 is 0. The van der Waals surface area contributed by atoms with E-state index in [9.17, 15) is 4.79 Å². The zero-order valence-corrected chi connectivity index (χ0v) is 9.08. The van der Waals surface area contributed by atoms with Crippen molar-refractivity contribution in [2.24, 2.45) is 23.3 Å². The minimum atomic E-state index is -0.693. The predicted octanol–water partition coefficient (Wildman–Crippen LogP) is -0.471. The van der Waals surface area contributed by atoms with E-state index in [2.05, 4.69) is 25.7 Å². The molecule has 4 N–H and O–H groups in total. The number of hydrogen-bond acceptors (Lipinski definition) is 3. The molecule has 0 bridgehead atoms. The fourth-order valence-electron chi connectivity index (χ4n) is 2.58. The first-order valence-electron chi connectivity index (χ1n) is 5.11. The second-order valence-corrected chi connectivity index (χ2v) is 5.59. The largest absolute Gasteiger partial charge is 0.368 e. The lowest BCUT2D eigenvalue weighted by atomic mass is 10.0. The first kappa shape index (κ1) is 9.93. The average molecular weight is 197 g/mol.